The van der Waals surface area contributed by atoms with Gasteiger partial charge in [0, 0.05) is 6.20 Å². The summed E-state index contributed by atoms with van der Waals surface area (Å²) < 4.78 is 7.77. The molecular weight excluding hydrogens is 352 g/mol. The lowest BCUT2D eigenvalue weighted by molar-refractivity contribution is 0.0177. The van der Waals surface area contributed by atoms with Gasteiger partial charge in [-0.05, 0) is 36.4 Å². The van der Waals surface area contributed by atoms with Crippen LogP contribution in [-0.4, -0.2) is 44.5 Å². The minimum atomic E-state index is -0.0255. The molecule has 0 unspecified atom stereocenters. The van der Waals surface area contributed by atoms with Gasteiger partial charge in [-0.3, -0.25) is 9.36 Å². The highest BCUT2D eigenvalue weighted by atomic mass is 16.5. The molecule has 2 aromatic carbocycles. The van der Waals surface area contributed by atoms with E-state index in [4.69, 9.17) is 4.74 Å². The maximum absolute atomic E-state index is 12.6. The summed E-state index contributed by atoms with van der Waals surface area (Å²) in [5.74, 6) is 1.54. The number of likely N-dealkylation sites (tertiary alicyclic amines) is 1. The maximum atomic E-state index is 12.6. The predicted octanol–water partition coefficient (Wildman–Crippen LogP) is 3.32. The highest BCUT2D eigenvalue weighted by Crippen LogP contribution is 2.21. The van der Waals surface area contributed by atoms with Crippen molar-refractivity contribution in [2.24, 2.45) is 0 Å². The van der Waals surface area contributed by atoms with E-state index in [2.05, 4.69) is 9.97 Å². The molecule has 3 heterocycles. The summed E-state index contributed by atoms with van der Waals surface area (Å²) in [4.78, 5) is 23.3. The van der Waals surface area contributed by atoms with Crippen molar-refractivity contribution in [3.05, 3.63) is 84.8 Å². The second kappa shape index (κ2) is 6.81. The van der Waals surface area contributed by atoms with Gasteiger partial charge in [0.2, 0.25) is 0 Å². The number of fused-ring (bicyclic) bond motifs is 1. The Morgan fingerprint density at radius 1 is 0.929 bits per heavy atom. The smallest absolute Gasteiger partial charge is 0.255 e. The van der Waals surface area contributed by atoms with E-state index >= 15 is 0 Å². The zero-order chi connectivity index (χ0) is 18.9. The Morgan fingerprint density at radius 2 is 1.71 bits per heavy atom. The van der Waals surface area contributed by atoms with Crippen molar-refractivity contribution >= 4 is 16.9 Å². The number of amides is 1. The fourth-order valence-electron chi connectivity index (χ4n) is 3.35. The molecule has 0 atom stereocenters. The number of hydrogen-bond donors (Lipinski definition) is 0. The minimum Gasteiger partial charge on any atom is -0.487 e. The van der Waals surface area contributed by atoms with Gasteiger partial charge in [-0.15, -0.1) is 0 Å². The molecule has 5 rings (SSSR count). The Morgan fingerprint density at radius 3 is 2.50 bits per heavy atom. The molecule has 1 aliphatic rings. The summed E-state index contributed by atoms with van der Waals surface area (Å²) in [7, 11) is 0. The van der Waals surface area contributed by atoms with Gasteiger partial charge in [-0.25, -0.2) is 9.97 Å². The number of para-hydroxylation sites is 3. The van der Waals surface area contributed by atoms with Crippen LogP contribution in [0.1, 0.15) is 10.4 Å². The lowest BCUT2D eigenvalue weighted by Gasteiger charge is -2.38. The molecule has 2 aromatic heterocycles. The zero-order valence-electron chi connectivity index (χ0n) is 15.1. The Hall–Kier alpha value is -3.67. The van der Waals surface area contributed by atoms with Crippen LogP contribution in [0.4, 0.5) is 0 Å². The van der Waals surface area contributed by atoms with E-state index in [-0.39, 0.29) is 12.0 Å². The quantitative estimate of drug-likeness (QED) is 0.553. The molecule has 1 saturated heterocycles. The maximum Gasteiger partial charge on any atom is 0.255 e. The van der Waals surface area contributed by atoms with E-state index in [0.29, 0.717) is 18.7 Å². The van der Waals surface area contributed by atoms with Crippen molar-refractivity contribution in [3.63, 3.8) is 0 Å². The third kappa shape index (κ3) is 2.99. The fourth-order valence-corrected chi connectivity index (χ4v) is 3.35. The first-order valence-electron chi connectivity index (χ1n) is 9.17. The monoisotopic (exact) mass is 370 g/mol. The van der Waals surface area contributed by atoms with Gasteiger partial charge in [0.15, 0.2) is 0 Å². The van der Waals surface area contributed by atoms with E-state index in [1.54, 1.807) is 17.4 Å². The molecule has 0 N–H and O–H groups in total. The first-order chi connectivity index (χ1) is 13.8. The predicted molar refractivity (Wildman–Crippen MR) is 106 cm³/mol. The van der Waals surface area contributed by atoms with Crippen LogP contribution < -0.4 is 4.74 Å². The van der Waals surface area contributed by atoms with Crippen LogP contribution in [-0.2, 0) is 0 Å². The molecule has 1 amide bonds. The van der Waals surface area contributed by atoms with E-state index in [9.17, 15) is 4.79 Å². The summed E-state index contributed by atoms with van der Waals surface area (Å²) in [5, 5.41) is 0. The van der Waals surface area contributed by atoms with Crippen molar-refractivity contribution in [2.75, 3.05) is 13.1 Å². The van der Waals surface area contributed by atoms with Crippen molar-refractivity contribution < 1.29 is 9.53 Å². The molecule has 0 spiro atoms. The fraction of sp³-hybridized carbons (Fsp3) is 0.136. The Bertz CT molecular complexity index is 1120. The lowest BCUT2D eigenvalue weighted by atomic mass is 10.1. The molecule has 0 saturated carbocycles. The van der Waals surface area contributed by atoms with Crippen LogP contribution in [0.2, 0.25) is 0 Å². The number of aromatic nitrogens is 3. The number of carbonyl (C=O) groups excluding carboxylic acids is 1. The van der Waals surface area contributed by atoms with Crippen molar-refractivity contribution in [3.8, 4) is 11.6 Å². The van der Waals surface area contributed by atoms with Crippen LogP contribution in [0, 0.1) is 0 Å². The molecule has 0 bridgehead atoms. The summed E-state index contributed by atoms with van der Waals surface area (Å²) in [5.41, 5.74) is 2.47. The normalized spacial score (nSPS) is 14.1. The number of ether oxygens (including phenoxy) is 1. The van der Waals surface area contributed by atoms with Gasteiger partial charge in [0.1, 0.15) is 24.0 Å². The third-order valence-corrected chi connectivity index (χ3v) is 4.88. The van der Waals surface area contributed by atoms with E-state index in [1.165, 1.54) is 0 Å². The number of benzene rings is 2. The van der Waals surface area contributed by atoms with Crippen LogP contribution >= 0.6 is 0 Å². The number of nitrogens with zero attached hydrogens (tertiary/aromatic N) is 4. The van der Waals surface area contributed by atoms with Crippen molar-refractivity contribution in [2.45, 2.75) is 6.10 Å². The Kier molecular flexibility index (Phi) is 4.01. The number of imidazole rings is 1. The van der Waals surface area contributed by atoms with Crippen molar-refractivity contribution in [1.82, 2.24) is 19.4 Å². The summed E-state index contributed by atoms with van der Waals surface area (Å²) >= 11 is 0. The molecular formula is C22H18N4O2. The first-order valence-corrected chi connectivity index (χ1v) is 9.17. The largest absolute Gasteiger partial charge is 0.487 e. The third-order valence-electron chi connectivity index (χ3n) is 4.88. The Labute approximate surface area is 162 Å². The molecule has 0 radical (unpaired) electrons. The first kappa shape index (κ1) is 16.5. The molecule has 0 aliphatic carbocycles. The van der Waals surface area contributed by atoms with E-state index < -0.39 is 0 Å². The van der Waals surface area contributed by atoms with E-state index in [0.717, 1.165) is 22.6 Å². The second-order valence-electron chi connectivity index (χ2n) is 6.77. The highest BCUT2D eigenvalue weighted by Gasteiger charge is 2.32. The number of carbonyl (C=O) groups is 1. The van der Waals surface area contributed by atoms with Gasteiger partial charge in [-0.2, -0.15) is 0 Å². The van der Waals surface area contributed by atoms with Gasteiger partial charge < -0.3 is 9.64 Å². The second-order valence-corrected chi connectivity index (χ2v) is 6.77. The van der Waals surface area contributed by atoms with Gasteiger partial charge >= 0.3 is 0 Å². The topological polar surface area (TPSA) is 60.2 Å². The lowest BCUT2D eigenvalue weighted by Crippen LogP contribution is -2.56. The molecule has 28 heavy (non-hydrogen) atoms. The molecule has 4 aromatic rings. The highest BCUT2D eigenvalue weighted by molar-refractivity contribution is 5.94. The Balaban J connectivity index is 1.26. The summed E-state index contributed by atoms with van der Waals surface area (Å²) in [6, 6.07) is 21.2. The molecule has 1 fully saturated rings. The van der Waals surface area contributed by atoms with Crippen LogP contribution in [0.25, 0.3) is 16.9 Å². The summed E-state index contributed by atoms with van der Waals surface area (Å²) in [6.07, 6.45) is 3.41. The zero-order valence-corrected chi connectivity index (χ0v) is 15.1. The standard InChI is InChI=1S/C22H18N4O2/c27-22(25-13-18(14-25)28-17-6-2-1-3-7-17)16-10-11-21(23-12-16)26-15-24-19-8-4-5-9-20(19)26/h1-12,15,18H,13-14H2. The SMILES string of the molecule is O=C(c1ccc(-n2cnc3ccccc32)nc1)N1CC(Oc2ccccc2)C1. The van der Waals surface area contributed by atoms with Crippen LogP contribution in [0.3, 0.4) is 0 Å². The number of pyridine rings is 1. The molecule has 1 aliphatic heterocycles. The molecule has 6 heteroatoms. The average molecular weight is 370 g/mol. The number of hydrogen-bond acceptors (Lipinski definition) is 4. The molecule has 6 nitrogen and oxygen atoms in total. The minimum absolute atomic E-state index is 0.0255. The van der Waals surface area contributed by atoms with Gasteiger partial charge in [0.25, 0.3) is 5.91 Å². The average Bonchev–Trinajstić information content (AvgIpc) is 3.15. The van der Waals surface area contributed by atoms with Crippen LogP contribution in [0.5, 0.6) is 5.75 Å². The molecule has 138 valence electrons. The van der Waals surface area contributed by atoms with Crippen molar-refractivity contribution in [1.29, 1.82) is 0 Å². The summed E-state index contributed by atoms with van der Waals surface area (Å²) in [6.45, 7) is 1.17. The number of rotatable bonds is 4. The van der Waals surface area contributed by atoms with Gasteiger partial charge in [0.05, 0.1) is 29.7 Å². The van der Waals surface area contributed by atoms with E-state index in [1.807, 2.05) is 71.3 Å². The van der Waals surface area contributed by atoms with Crippen LogP contribution in [0.15, 0.2) is 79.3 Å². The van der Waals surface area contributed by atoms with Gasteiger partial charge in [-0.1, -0.05) is 30.3 Å².